The fourth-order valence-electron chi connectivity index (χ4n) is 2.14. The highest BCUT2D eigenvalue weighted by Crippen LogP contribution is 2.36. The van der Waals surface area contributed by atoms with Crippen molar-refractivity contribution in [3.8, 4) is 0 Å². The number of aliphatic hydroxyl groups is 1. The van der Waals surface area contributed by atoms with Gasteiger partial charge in [0, 0.05) is 20.0 Å². The van der Waals surface area contributed by atoms with Gasteiger partial charge in [0.25, 0.3) is 0 Å². The van der Waals surface area contributed by atoms with Crippen molar-refractivity contribution in [2.45, 2.75) is 25.9 Å². The molecule has 1 aliphatic heterocycles. The van der Waals surface area contributed by atoms with E-state index in [4.69, 9.17) is 5.11 Å². The van der Waals surface area contributed by atoms with Crippen LogP contribution in [0.3, 0.4) is 0 Å². The number of piperidine rings is 1. The van der Waals surface area contributed by atoms with Crippen LogP contribution in [0.4, 0.5) is 13.2 Å². The Labute approximate surface area is 92.2 Å². The third kappa shape index (κ3) is 3.10. The topological polar surface area (TPSA) is 40.5 Å². The van der Waals surface area contributed by atoms with Crippen molar-refractivity contribution < 1.29 is 23.1 Å². The Bertz CT molecular complexity index is 247. The summed E-state index contributed by atoms with van der Waals surface area (Å²) in [6.45, 7) is 1.25. The minimum absolute atomic E-state index is 0.106. The van der Waals surface area contributed by atoms with Gasteiger partial charge in [-0.2, -0.15) is 13.2 Å². The van der Waals surface area contributed by atoms with Gasteiger partial charge in [0.15, 0.2) is 0 Å². The van der Waals surface area contributed by atoms with E-state index in [1.807, 2.05) is 0 Å². The summed E-state index contributed by atoms with van der Waals surface area (Å²) in [4.78, 5) is 12.5. The summed E-state index contributed by atoms with van der Waals surface area (Å²) in [5.41, 5.74) is 0. The van der Waals surface area contributed by atoms with Gasteiger partial charge in [-0.1, -0.05) is 0 Å². The molecule has 0 aromatic heterocycles. The second-order valence-electron chi connectivity index (χ2n) is 4.17. The molecule has 1 saturated heterocycles. The highest BCUT2D eigenvalue weighted by molar-refractivity contribution is 5.73. The Morgan fingerprint density at radius 1 is 1.44 bits per heavy atom. The Morgan fingerprint density at radius 2 is 1.94 bits per heavy atom. The molecule has 3 nitrogen and oxygen atoms in total. The first-order valence-corrected chi connectivity index (χ1v) is 5.29. The third-order valence-electron chi connectivity index (χ3n) is 3.17. The molecule has 0 radical (unpaired) electrons. The van der Waals surface area contributed by atoms with Gasteiger partial charge in [0.05, 0.1) is 12.5 Å². The van der Waals surface area contributed by atoms with E-state index in [1.165, 1.54) is 6.92 Å². The minimum Gasteiger partial charge on any atom is -0.396 e. The van der Waals surface area contributed by atoms with E-state index in [1.54, 1.807) is 4.90 Å². The molecule has 0 aliphatic carbocycles. The van der Waals surface area contributed by atoms with Gasteiger partial charge in [0.1, 0.15) is 0 Å². The molecule has 0 bridgehead atoms. The van der Waals surface area contributed by atoms with Crippen molar-refractivity contribution in [3.05, 3.63) is 0 Å². The lowest BCUT2D eigenvalue weighted by Gasteiger charge is -2.35. The maximum Gasteiger partial charge on any atom is 0.394 e. The van der Waals surface area contributed by atoms with E-state index in [0.717, 1.165) is 0 Å². The van der Waals surface area contributed by atoms with E-state index in [2.05, 4.69) is 0 Å². The Hall–Kier alpha value is -0.780. The Kier molecular flexibility index (Phi) is 4.18. The number of carbonyl (C=O) groups excluding carboxylic acids is 1. The normalized spacial score (nSPS) is 20.9. The number of nitrogens with zero attached hydrogens (tertiary/aromatic N) is 1. The summed E-state index contributed by atoms with van der Waals surface area (Å²) in [5.74, 6) is -2.33. The predicted octanol–water partition coefficient (Wildman–Crippen LogP) is 1.42. The van der Waals surface area contributed by atoms with Crippen LogP contribution in [0, 0.1) is 11.8 Å². The van der Waals surface area contributed by atoms with Gasteiger partial charge >= 0.3 is 6.18 Å². The summed E-state index contributed by atoms with van der Waals surface area (Å²) in [6.07, 6.45) is -3.73. The summed E-state index contributed by atoms with van der Waals surface area (Å²) < 4.78 is 37.6. The third-order valence-corrected chi connectivity index (χ3v) is 3.17. The van der Waals surface area contributed by atoms with Crippen LogP contribution < -0.4 is 0 Å². The average molecular weight is 239 g/mol. The Balaban J connectivity index is 2.55. The number of amides is 1. The molecule has 0 aromatic rings. The van der Waals surface area contributed by atoms with Crippen LogP contribution in [0.2, 0.25) is 0 Å². The number of aliphatic hydroxyl groups excluding tert-OH is 1. The van der Waals surface area contributed by atoms with Crippen LogP contribution in [0.5, 0.6) is 0 Å². The van der Waals surface area contributed by atoms with Gasteiger partial charge in [-0.05, 0) is 18.8 Å². The molecule has 94 valence electrons. The minimum atomic E-state index is -4.35. The molecule has 0 saturated carbocycles. The summed E-state index contributed by atoms with van der Waals surface area (Å²) in [6, 6.07) is 0. The molecule has 0 aromatic carbocycles. The highest BCUT2D eigenvalue weighted by atomic mass is 19.4. The fourth-order valence-corrected chi connectivity index (χ4v) is 2.14. The molecule has 1 N–H and O–H groups in total. The summed E-state index contributed by atoms with van der Waals surface area (Å²) >= 11 is 0. The number of halogens is 3. The summed E-state index contributed by atoms with van der Waals surface area (Å²) in [7, 11) is 0. The zero-order valence-corrected chi connectivity index (χ0v) is 9.13. The van der Waals surface area contributed by atoms with Crippen LogP contribution in [0.25, 0.3) is 0 Å². The maximum atomic E-state index is 12.5. The number of hydrogen-bond donors (Lipinski definition) is 1. The molecule has 1 unspecified atom stereocenters. The second-order valence-corrected chi connectivity index (χ2v) is 4.17. The van der Waals surface area contributed by atoms with Gasteiger partial charge < -0.3 is 10.0 Å². The van der Waals surface area contributed by atoms with Gasteiger partial charge in [-0.3, -0.25) is 4.79 Å². The Morgan fingerprint density at radius 3 is 2.25 bits per heavy atom. The molecule has 1 amide bonds. The van der Waals surface area contributed by atoms with Gasteiger partial charge in [-0.15, -0.1) is 0 Å². The maximum absolute atomic E-state index is 12.5. The van der Waals surface area contributed by atoms with E-state index in [9.17, 15) is 18.0 Å². The molecule has 1 rings (SSSR count). The van der Waals surface area contributed by atoms with Crippen molar-refractivity contribution in [1.82, 2.24) is 4.90 Å². The number of alkyl halides is 3. The number of carbonyl (C=O) groups is 1. The molecule has 1 atom stereocenters. The van der Waals surface area contributed by atoms with Crippen molar-refractivity contribution in [2.24, 2.45) is 11.8 Å². The zero-order valence-electron chi connectivity index (χ0n) is 9.13. The number of hydrogen-bond acceptors (Lipinski definition) is 2. The lowest BCUT2D eigenvalue weighted by molar-refractivity contribution is -0.202. The van der Waals surface area contributed by atoms with Crippen LogP contribution in [-0.4, -0.2) is 41.8 Å². The molecule has 1 aliphatic rings. The van der Waals surface area contributed by atoms with Crippen LogP contribution >= 0.6 is 0 Å². The smallest absolute Gasteiger partial charge is 0.394 e. The summed E-state index contributed by atoms with van der Waals surface area (Å²) in [5, 5.41) is 8.79. The zero-order chi connectivity index (χ0) is 12.3. The first-order valence-electron chi connectivity index (χ1n) is 5.29. The van der Waals surface area contributed by atoms with Gasteiger partial charge in [-0.25, -0.2) is 0 Å². The monoisotopic (exact) mass is 239 g/mol. The molecule has 1 fully saturated rings. The molecular weight excluding hydrogens is 223 g/mol. The lowest BCUT2D eigenvalue weighted by Crippen LogP contribution is -2.43. The van der Waals surface area contributed by atoms with E-state index in [0.29, 0.717) is 25.9 Å². The SMILES string of the molecule is CC(=O)N1CCC(C(CO)C(F)(F)F)CC1. The predicted molar refractivity (Wildman–Crippen MR) is 51.6 cm³/mol. The van der Waals surface area contributed by atoms with Gasteiger partial charge in [0.2, 0.25) is 5.91 Å². The largest absolute Gasteiger partial charge is 0.396 e. The van der Waals surface area contributed by atoms with E-state index < -0.39 is 24.6 Å². The molecule has 1 heterocycles. The van der Waals surface area contributed by atoms with Crippen LogP contribution in [-0.2, 0) is 4.79 Å². The molecule has 6 heteroatoms. The first kappa shape index (κ1) is 13.3. The molecular formula is C10H16F3NO2. The molecule has 0 spiro atoms. The fraction of sp³-hybridized carbons (Fsp3) is 0.900. The van der Waals surface area contributed by atoms with E-state index in [-0.39, 0.29) is 5.91 Å². The highest BCUT2D eigenvalue weighted by Gasteiger charge is 2.44. The average Bonchev–Trinajstić information content (AvgIpc) is 2.17. The van der Waals surface area contributed by atoms with Crippen molar-refractivity contribution in [2.75, 3.05) is 19.7 Å². The van der Waals surface area contributed by atoms with E-state index >= 15 is 0 Å². The molecule has 16 heavy (non-hydrogen) atoms. The number of rotatable bonds is 2. The number of likely N-dealkylation sites (tertiary alicyclic amines) is 1. The van der Waals surface area contributed by atoms with Crippen LogP contribution in [0.15, 0.2) is 0 Å². The quantitative estimate of drug-likeness (QED) is 0.791. The second kappa shape index (κ2) is 5.03. The van der Waals surface area contributed by atoms with Crippen molar-refractivity contribution >= 4 is 5.91 Å². The van der Waals surface area contributed by atoms with Crippen LogP contribution in [0.1, 0.15) is 19.8 Å². The van der Waals surface area contributed by atoms with Crippen molar-refractivity contribution in [1.29, 1.82) is 0 Å². The first-order chi connectivity index (χ1) is 7.36. The standard InChI is InChI=1S/C10H16F3NO2/c1-7(16)14-4-2-8(3-5-14)9(6-15)10(11,12)13/h8-9,15H,2-6H2,1H3. The van der Waals surface area contributed by atoms with Crippen molar-refractivity contribution in [3.63, 3.8) is 0 Å². The lowest BCUT2D eigenvalue weighted by atomic mass is 9.84.